The van der Waals surface area contributed by atoms with E-state index in [1.807, 2.05) is 30.3 Å². The second-order valence-electron chi connectivity index (χ2n) is 6.29. The van der Waals surface area contributed by atoms with Crippen molar-refractivity contribution in [1.29, 1.82) is 0 Å². The first-order chi connectivity index (χ1) is 14.0. The molecule has 6 heteroatoms. The Hall–Kier alpha value is -3.80. The van der Waals surface area contributed by atoms with Gasteiger partial charge in [-0.1, -0.05) is 24.3 Å². The number of methoxy groups -OCH3 is 1. The zero-order chi connectivity index (χ0) is 20.6. The number of nitrogens with zero attached hydrogens (tertiary/aromatic N) is 1. The lowest BCUT2D eigenvalue weighted by molar-refractivity contribution is -0.120. The number of carbonyl (C=O) groups excluding carboxylic acids is 2. The maximum absolute atomic E-state index is 12.4. The van der Waals surface area contributed by atoms with Gasteiger partial charge >= 0.3 is 0 Å². The molecule has 0 bridgehead atoms. The molecule has 2 amide bonds. The number of hydrogen-bond donors (Lipinski definition) is 1. The Morgan fingerprint density at radius 2 is 1.52 bits per heavy atom. The van der Waals surface area contributed by atoms with Crippen LogP contribution >= 0.6 is 0 Å². The van der Waals surface area contributed by atoms with Crippen molar-refractivity contribution in [2.24, 2.45) is 0 Å². The lowest BCUT2D eigenvalue weighted by Crippen LogP contribution is -2.36. The Labute approximate surface area is 169 Å². The number of ether oxygens (including phenoxy) is 2. The maximum Gasteiger partial charge on any atom is 0.244 e. The molecule has 0 fully saturated rings. The minimum Gasteiger partial charge on any atom is -0.497 e. The smallest absolute Gasteiger partial charge is 0.244 e. The first kappa shape index (κ1) is 19.9. The molecule has 6 nitrogen and oxygen atoms in total. The largest absolute Gasteiger partial charge is 0.497 e. The van der Waals surface area contributed by atoms with Gasteiger partial charge in [0.25, 0.3) is 0 Å². The van der Waals surface area contributed by atoms with Gasteiger partial charge in [-0.15, -0.1) is 0 Å². The van der Waals surface area contributed by atoms with Crippen molar-refractivity contribution in [2.75, 3.05) is 23.9 Å². The van der Waals surface area contributed by atoms with E-state index in [1.54, 1.807) is 55.6 Å². The summed E-state index contributed by atoms with van der Waals surface area (Å²) in [4.78, 5) is 25.9. The molecular formula is C23H22N2O4. The van der Waals surface area contributed by atoms with Crippen LogP contribution in [0.3, 0.4) is 0 Å². The van der Waals surface area contributed by atoms with Gasteiger partial charge in [0, 0.05) is 24.4 Å². The Morgan fingerprint density at radius 1 is 0.862 bits per heavy atom. The molecule has 0 saturated heterocycles. The molecule has 3 aromatic rings. The predicted octanol–water partition coefficient (Wildman–Crippen LogP) is 4.48. The summed E-state index contributed by atoms with van der Waals surface area (Å²) in [6, 6.07) is 23.5. The summed E-state index contributed by atoms with van der Waals surface area (Å²) in [7, 11) is 1.56. The average molecular weight is 390 g/mol. The number of hydrogen-bond acceptors (Lipinski definition) is 4. The van der Waals surface area contributed by atoms with Gasteiger partial charge in [-0.25, -0.2) is 0 Å². The third-order valence-electron chi connectivity index (χ3n) is 4.16. The summed E-state index contributed by atoms with van der Waals surface area (Å²) in [6.07, 6.45) is 0. The second kappa shape index (κ2) is 9.41. The molecule has 0 aromatic heterocycles. The number of anilines is 2. The number of nitrogens with one attached hydrogen (secondary N) is 1. The molecule has 0 saturated carbocycles. The van der Waals surface area contributed by atoms with Gasteiger partial charge in [0.1, 0.15) is 23.8 Å². The fourth-order valence-electron chi connectivity index (χ4n) is 2.75. The van der Waals surface area contributed by atoms with Gasteiger partial charge in [-0.05, 0) is 48.5 Å². The van der Waals surface area contributed by atoms with Gasteiger partial charge in [0.05, 0.1) is 7.11 Å². The van der Waals surface area contributed by atoms with Crippen LogP contribution in [0, 0.1) is 0 Å². The summed E-state index contributed by atoms with van der Waals surface area (Å²) < 4.78 is 10.9. The van der Waals surface area contributed by atoms with Crippen LogP contribution < -0.4 is 19.7 Å². The molecule has 0 aliphatic rings. The number of amides is 2. The maximum atomic E-state index is 12.4. The second-order valence-corrected chi connectivity index (χ2v) is 6.29. The standard InChI is InChI=1S/C23H22N2O4/c1-17(26)25(16-23(27)24-18-7-6-10-22(15-18)28-2)19-11-13-21(14-12-19)29-20-8-4-3-5-9-20/h3-15H,16H2,1-2H3,(H,24,27). The predicted molar refractivity (Wildman–Crippen MR) is 113 cm³/mol. The zero-order valence-corrected chi connectivity index (χ0v) is 16.3. The summed E-state index contributed by atoms with van der Waals surface area (Å²) in [5.41, 5.74) is 1.21. The highest BCUT2D eigenvalue weighted by Gasteiger charge is 2.16. The van der Waals surface area contributed by atoms with Crippen molar-refractivity contribution >= 4 is 23.2 Å². The Balaban J connectivity index is 1.67. The van der Waals surface area contributed by atoms with E-state index in [4.69, 9.17) is 9.47 Å². The van der Waals surface area contributed by atoms with Gasteiger partial charge < -0.3 is 19.7 Å². The molecule has 1 N–H and O–H groups in total. The molecule has 0 aliphatic heterocycles. The van der Waals surface area contributed by atoms with Crippen LogP contribution in [0.1, 0.15) is 6.92 Å². The molecule has 0 spiro atoms. The highest BCUT2D eigenvalue weighted by molar-refractivity contribution is 6.01. The van der Waals surface area contributed by atoms with Gasteiger partial charge in [0.2, 0.25) is 11.8 Å². The third kappa shape index (κ3) is 5.59. The summed E-state index contributed by atoms with van der Waals surface area (Å²) in [6.45, 7) is 1.32. The van der Waals surface area contributed by atoms with E-state index >= 15 is 0 Å². The molecule has 0 heterocycles. The van der Waals surface area contributed by atoms with E-state index in [0.717, 1.165) is 5.75 Å². The Bertz CT molecular complexity index is 972. The summed E-state index contributed by atoms with van der Waals surface area (Å²) in [5.74, 6) is 1.46. The minimum atomic E-state index is -0.307. The molecule has 0 atom stereocenters. The fourth-order valence-corrected chi connectivity index (χ4v) is 2.75. The summed E-state index contributed by atoms with van der Waals surface area (Å²) >= 11 is 0. The van der Waals surface area contributed by atoms with E-state index < -0.39 is 0 Å². The van der Waals surface area contributed by atoms with Gasteiger partial charge in [0.15, 0.2) is 0 Å². The Kier molecular flexibility index (Phi) is 6.47. The van der Waals surface area contributed by atoms with Crippen LogP contribution in [0.5, 0.6) is 17.2 Å². The van der Waals surface area contributed by atoms with Crippen molar-refractivity contribution < 1.29 is 19.1 Å². The van der Waals surface area contributed by atoms with Crippen molar-refractivity contribution in [3.05, 3.63) is 78.9 Å². The average Bonchev–Trinajstić information content (AvgIpc) is 2.73. The van der Waals surface area contributed by atoms with E-state index in [0.29, 0.717) is 22.9 Å². The highest BCUT2D eigenvalue weighted by atomic mass is 16.5. The van der Waals surface area contributed by atoms with E-state index in [1.165, 1.54) is 11.8 Å². The van der Waals surface area contributed by atoms with Gasteiger partial charge in [-0.3, -0.25) is 9.59 Å². The molecule has 0 radical (unpaired) electrons. The lowest BCUT2D eigenvalue weighted by atomic mass is 10.2. The lowest BCUT2D eigenvalue weighted by Gasteiger charge is -2.21. The van der Waals surface area contributed by atoms with Crippen LogP contribution in [0.2, 0.25) is 0 Å². The van der Waals surface area contributed by atoms with Crippen molar-refractivity contribution in [3.63, 3.8) is 0 Å². The highest BCUT2D eigenvalue weighted by Crippen LogP contribution is 2.24. The number of para-hydroxylation sites is 1. The third-order valence-corrected chi connectivity index (χ3v) is 4.16. The molecule has 0 aliphatic carbocycles. The fraction of sp³-hybridized carbons (Fsp3) is 0.130. The van der Waals surface area contributed by atoms with Crippen LogP contribution in [0.25, 0.3) is 0 Å². The topological polar surface area (TPSA) is 67.9 Å². The van der Waals surface area contributed by atoms with Crippen molar-refractivity contribution in [2.45, 2.75) is 6.92 Å². The van der Waals surface area contributed by atoms with E-state index in [-0.39, 0.29) is 18.4 Å². The van der Waals surface area contributed by atoms with Crippen LogP contribution in [0.15, 0.2) is 78.9 Å². The van der Waals surface area contributed by atoms with Crippen molar-refractivity contribution in [1.82, 2.24) is 0 Å². The monoisotopic (exact) mass is 390 g/mol. The molecule has 29 heavy (non-hydrogen) atoms. The van der Waals surface area contributed by atoms with Crippen LogP contribution in [-0.4, -0.2) is 25.5 Å². The molecule has 148 valence electrons. The van der Waals surface area contributed by atoms with E-state index in [2.05, 4.69) is 5.32 Å². The van der Waals surface area contributed by atoms with Crippen LogP contribution in [-0.2, 0) is 9.59 Å². The molecule has 3 rings (SSSR count). The normalized spacial score (nSPS) is 10.1. The molecular weight excluding hydrogens is 368 g/mol. The number of rotatable bonds is 7. The van der Waals surface area contributed by atoms with Gasteiger partial charge in [-0.2, -0.15) is 0 Å². The molecule has 3 aromatic carbocycles. The molecule has 0 unspecified atom stereocenters. The Morgan fingerprint density at radius 3 is 2.17 bits per heavy atom. The quantitative estimate of drug-likeness (QED) is 0.646. The number of carbonyl (C=O) groups is 2. The van der Waals surface area contributed by atoms with Crippen molar-refractivity contribution in [3.8, 4) is 17.2 Å². The first-order valence-corrected chi connectivity index (χ1v) is 9.10. The SMILES string of the molecule is COc1cccc(NC(=O)CN(C(C)=O)c2ccc(Oc3ccccc3)cc2)c1. The van der Waals surface area contributed by atoms with E-state index in [9.17, 15) is 9.59 Å². The minimum absolute atomic E-state index is 0.106. The van der Waals surface area contributed by atoms with Crippen LogP contribution in [0.4, 0.5) is 11.4 Å². The zero-order valence-electron chi connectivity index (χ0n) is 16.3. The number of benzene rings is 3. The summed E-state index contributed by atoms with van der Waals surface area (Å²) in [5, 5.41) is 2.78. The first-order valence-electron chi connectivity index (χ1n) is 9.10.